The Morgan fingerprint density at radius 3 is 2.42 bits per heavy atom. The summed E-state index contributed by atoms with van der Waals surface area (Å²) in [4.78, 5) is 25.3. The highest BCUT2D eigenvalue weighted by atomic mass is 16.4. The molecule has 1 aromatic heterocycles. The molecule has 0 radical (unpaired) electrons. The van der Waals surface area contributed by atoms with Crippen LogP contribution in [0.3, 0.4) is 0 Å². The molecule has 0 aliphatic carbocycles. The van der Waals surface area contributed by atoms with Crippen LogP contribution in [0.5, 0.6) is 0 Å². The fourth-order valence-corrected chi connectivity index (χ4v) is 3.41. The topological polar surface area (TPSA) is 75.4 Å². The van der Waals surface area contributed by atoms with Crippen LogP contribution in [0.1, 0.15) is 50.1 Å². The molecular formula is C18H29N3O3. The summed E-state index contributed by atoms with van der Waals surface area (Å²) in [6.45, 7) is 10.5. The number of aliphatic carboxylic acids is 1. The second-order valence-electron chi connectivity index (χ2n) is 7.32. The third kappa shape index (κ3) is 4.58. The maximum atomic E-state index is 12.6. The molecule has 2 heterocycles. The number of aryl methyl sites for hydroxylation is 1. The normalized spacial score (nSPS) is 16.0. The van der Waals surface area contributed by atoms with Gasteiger partial charge in [-0.15, -0.1) is 0 Å². The minimum Gasteiger partial charge on any atom is -0.481 e. The minimum atomic E-state index is -0.747. The van der Waals surface area contributed by atoms with E-state index in [4.69, 9.17) is 5.11 Å². The first kappa shape index (κ1) is 18.5. The number of likely N-dealkylation sites (tertiary alicyclic amines) is 1. The molecule has 2 rings (SSSR count). The first-order valence-electron chi connectivity index (χ1n) is 8.80. The summed E-state index contributed by atoms with van der Waals surface area (Å²) in [5, 5.41) is 13.4. The SMILES string of the molecule is Cc1nn(CC(C)C)c(C)c1CC(=O)N1CCC(CC(=O)O)CC1. The predicted molar refractivity (Wildman–Crippen MR) is 91.8 cm³/mol. The third-order valence-electron chi connectivity index (χ3n) is 4.83. The standard InChI is InChI=1S/C18H29N3O3/c1-12(2)11-21-14(4)16(13(3)19-21)10-17(22)20-7-5-15(6-8-20)9-18(23)24/h12,15H,5-11H2,1-4H3,(H,23,24). The zero-order chi connectivity index (χ0) is 17.9. The molecule has 6 nitrogen and oxygen atoms in total. The van der Waals surface area contributed by atoms with Gasteiger partial charge in [0, 0.05) is 37.3 Å². The highest BCUT2D eigenvalue weighted by Gasteiger charge is 2.25. The van der Waals surface area contributed by atoms with Gasteiger partial charge in [-0.2, -0.15) is 5.10 Å². The van der Waals surface area contributed by atoms with Crippen molar-refractivity contribution in [3.05, 3.63) is 17.0 Å². The number of carbonyl (C=O) groups excluding carboxylic acids is 1. The summed E-state index contributed by atoms with van der Waals surface area (Å²) in [5.74, 6) is 0.0892. The number of aromatic nitrogens is 2. The number of hydrogen-bond acceptors (Lipinski definition) is 3. The lowest BCUT2D eigenvalue weighted by molar-refractivity contribution is -0.138. The van der Waals surface area contributed by atoms with E-state index in [1.54, 1.807) is 0 Å². The Hall–Kier alpha value is -1.85. The smallest absolute Gasteiger partial charge is 0.303 e. The zero-order valence-corrected chi connectivity index (χ0v) is 15.2. The quantitative estimate of drug-likeness (QED) is 0.866. The number of amides is 1. The highest BCUT2D eigenvalue weighted by molar-refractivity contribution is 5.79. The molecule has 24 heavy (non-hydrogen) atoms. The number of nitrogens with zero attached hydrogens (tertiary/aromatic N) is 3. The van der Waals surface area contributed by atoms with E-state index in [2.05, 4.69) is 18.9 Å². The molecule has 0 spiro atoms. The van der Waals surface area contributed by atoms with Crippen LogP contribution < -0.4 is 0 Å². The van der Waals surface area contributed by atoms with Crippen LogP contribution in [0.15, 0.2) is 0 Å². The van der Waals surface area contributed by atoms with E-state index in [0.29, 0.717) is 25.4 Å². The van der Waals surface area contributed by atoms with Crippen molar-refractivity contribution in [3.63, 3.8) is 0 Å². The van der Waals surface area contributed by atoms with Crippen LogP contribution in [-0.2, 0) is 22.6 Å². The lowest BCUT2D eigenvalue weighted by atomic mass is 9.93. The lowest BCUT2D eigenvalue weighted by Crippen LogP contribution is -2.39. The van der Waals surface area contributed by atoms with Gasteiger partial charge in [0.25, 0.3) is 0 Å². The largest absolute Gasteiger partial charge is 0.481 e. The van der Waals surface area contributed by atoms with Gasteiger partial charge < -0.3 is 10.0 Å². The first-order chi connectivity index (χ1) is 11.3. The molecule has 0 saturated carbocycles. The Labute approximate surface area is 143 Å². The van der Waals surface area contributed by atoms with Crippen molar-refractivity contribution in [1.82, 2.24) is 14.7 Å². The number of carbonyl (C=O) groups is 2. The average Bonchev–Trinajstić information content (AvgIpc) is 2.74. The molecule has 1 aromatic rings. The van der Waals surface area contributed by atoms with Gasteiger partial charge in [0.2, 0.25) is 5.91 Å². The molecule has 1 aliphatic rings. The summed E-state index contributed by atoms with van der Waals surface area (Å²) < 4.78 is 2.00. The maximum Gasteiger partial charge on any atom is 0.303 e. The second kappa shape index (κ2) is 7.81. The van der Waals surface area contributed by atoms with Crippen molar-refractivity contribution in [1.29, 1.82) is 0 Å². The Morgan fingerprint density at radius 2 is 1.88 bits per heavy atom. The van der Waals surface area contributed by atoms with Crippen molar-refractivity contribution in [2.45, 2.75) is 59.9 Å². The van der Waals surface area contributed by atoms with Gasteiger partial charge in [-0.1, -0.05) is 13.8 Å². The first-order valence-corrected chi connectivity index (χ1v) is 8.80. The Balaban J connectivity index is 1.96. The van der Waals surface area contributed by atoms with Crippen molar-refractivity contribution < 1.29 is 14.7 Å². The van der Waals surface area contributed by atoms with Gasteiger partial charge in [0.05, 0.1) is 12.1 Å². The molecule has 6 heteroatoms. The molecule has 0 atom stereocenters. The summed E-state index contributed by atoms with van der Waals surface area (Å²) in [6, 6.07) is 0. The predicted octanol–water partition coefficient (Wildman–Crippen LogP) is 2.41. The van der Waals surface area contributed by atoms with Crippen LogP contribution in [-0.4, -0.2) is 44.8 Å². The van der Waals surface area contributed by atoms with Crippen molar-refractivity contribution in [3.8, 4) is 0 Å². The van der Waals surface area contributed by atoms with Gasteiger partial charge >= 0.3 is 5.97 Å². The molecule has 0 bridgehead atoms. The fraction of sp³-hybridized carbons (Fsp3) is 0.722. The Morgan fingerprint density at radius 1 is 1.25 bits per heavy atom. The van der Waals surface area contributed by atoms with Gasteiger partial charge in [-0.3, -0.25) is 14.3 Å². The molecule has 0 aromatic carbocycles. The molecule has 1 aliphatic heterocycles. The zero-order valence-electron chi connectivity index (χ0n) is 15.2. The summed E-state index contributed by atoms with van der Waals surface area (Å²) >= 11 is 0. The lowest BCUT2D eigenvalue weighted by Gasteiger charge is -2.31. The Kier molecular flexibility index (Phi) is 6.02. The number of rotatable bonds is 6. The summed E-state index contributed by atoms with van der Waals surface area (Å²) in [6.07, 6.45) is 2.16. The maximum absolute atomic E-state index is 12.6. The van der Waals surface area contributed by atoms with Crippen LogP contribution >= 0.6 is 0 Å². The van der Waals surface area contributed by atoms with Crippen molar-refractivity contribution in [2.24, 2.45) is 11.8 Å². The van der Waals surface area contributed by atoms with E-state index in [9.17, 15) is 9.59 Å². The minimum absolute atomic E-state index is 0.124. The van der Waals surface area contributed by atoms with E-state index >= 15 is 0 Å². The average molecular weight is 335 g/mol. The molecule has 0 unspecified atom stereocenters. The van der Waals surface area contributed by atoms with Gasteiger partial charge in [-0.25, -0.2) is 0 Å². The number of carboxylic acids is 1. The number of hydrogen-bond donors (Lipinski definition) is 1. The van der Waals surface area contributed by atoms with Crippen molar-refractivity contribution >= 4 is 11.9 Å². The molecule has 1 saturated heterocycles. The molecule has 1 fully saturated rings. The third-order valence-corrected chi connectivity index (χ3v) is 4.83. The van der Waals surface area contributed by atoms with Crippen LogP contribution in [0.25, 0.3) is 0 Å². The van der Waals surface area contributed by atoms with E-state index in [-0.39, 0.29) is 18.2 Å². The Bertz CT molecular complexity index is 599. The monoisotopic (exact) mass is 335 g/mol. The van der Waals surface area contributed by atoms with E-state index in [1.165, 1.54) is 0 Å². The van der Waals surface area contributed by atoms with Crippen LogP contribution in [0.4, 0.5) is 0 Å². The van der Waals surface area contributed by atoms with Gasteiger partial charge in [0.1, 0.15) is 0 Å². The van der Waals surface area contributed by atoms with Crippen LogP contribution in [0, 0.1) is 25.7 Å². The van der Waals surface area contributed by atoms with Gasteiger partial charge in [-0.05, 0) is 38.5 Å². The second-order valence-corrected chi connectivity index (χ2v) is 7.32. The summed E-state index contributed by atoms with van der Waals surface area (Å²) in [5.41, 5.74) is 3.05. The van der Waals surface area contributed by atoms with E-state index in [0.717, 1.165) is 36.3 Å². The molecular weight excluding hydrogens is 306 g/mol. The fourth-order valence-electron chi connectivity index (χ4n) is 3.41. The molecule has 134 valence electrons. The van der Waals surface area contributed by atoms with Gasteiger partial charge in [0.15, 0.2) is 0 Å². The van der Waals surface area contributed by atoms with E-state index < -0.39 is 5.97 Å². The van der Waals surface area contributed by atoms with Crippen molar-refractivity contribution in [2.75, 3.05) is 13.1 Å². The number of piperidine rings is 1. The molecule has 1 amide bonds. The summed E-state index contributed by atoms with van der Waals surface area (Å²) in [7, 11) is 0. The molecule has 1 N–H and O–H groups in total. The number of carboxylic acid groups (broad SMARTS) is 1. The van der Waals surface area contributed by atoms with E-state index in [1.807, 2.05) is 23.4 Å². The van der Waals surface area contributed by atoms with Crippen LogP contribution in [0.2, 0.25) is 0 Å². The highest BCUT2D eigenvalue weighted by Crippen LogP contribution is 2.22.